The summed E-state index contributed by atoms with van der Waals surface area (Å²) >= 11 is 0. The number of likely N-dealkylation sites (N-methyl/N-ethyl adjacent to an activating group) is 1. The lowest BCUT2D eigenvalue weighted by Gasteiger charge is -2.20. The molecule has 0 saturated carbocycles. The molecule has 0 aliphatic carbocycles. The molecule has 2 aliphatic rings. The standard InChI is InChI=1S/C14H19N3O2S/c1-2-17-9-5-6-11(17)10-15-14-12-7-3-4-8-13(12)20(18,19)16-14/h3-4,7-8,11H,2,5-6,9-10H2,1H3,(H,15,16). The Labute approximate surface area is 119 Å². The molecule has 0 spiro atoms. The second-order valence-corrected chi connectivity index (χ2v) is 6.87. The fourth-order valence-electron chi connectivity index (χ4n) is 2.97. The van der Waals surface area contributed by atoms with Crippen LogP contribution in [0.15, 0.2) is 34.2 Å². The molecule has 0 aromatic heterocycles. The van der Waals surface area contributed by atoms with E-state index in [2.05, 4.69) is 21.5 Å². The minimum atomic E-state index is -3.41. The third-order valence-corrected chi connectivity index (χ3v) is 5.43. The van der Waals surface area contributed by atoms with Crippen LogP contribution < -0.4 is 4.72 Å². The lowest BCUT2D eigenvalue weighted by Crippen LogP contribution is -2.32. The molecule has 1 fully saturated rings. The summed E-state index contributed by atoms with van der Waals surface area (Å²) in [6, 6.07) is 7.43. The quantitative estimate of drug-likeness (QED) is 0.911. The van der Waals surface area contributed by atoms with E-state index in [0.29, 0.717) is 28.9 Å². The Morgan fingerprint density at radius 1 is 1.40 bits per heavy atom. The molecule has 1 aromatic rings. The van der Waals surface area contributed by atoms with E-state index in [9.17, 15) is 8.42 Å². The minimum Gasteiger partial charge on any atom is -0.299 e. The van der Waals surface area contributed by atoms with Crippen molar-refractivity contribution in [3.05, 3.63) is 29.8 Å². The summed E-state index contributed by atoms with van der Waals surface area (Å²) in [6.45, 7) is 4.95. The zero-order valence-corrected chi connectivity index (χ0v) is 12.4. The lowest BCUT2D eigenvalue weighted by molar-refractivity contribution is 0.273. The van der Waals surface area contributed by atoms with E-state index in [1.165, 1.54) is 6.42 Å². The number of benzene rings is 1. The molecular formula is C14H19N3O2S. The van der Waals surface area contributed by atoms with Gasteiger partial charge in [-0.25, -0.2) is 8.42 Å². The number of amidine groups is 1. The lowest BCUT2D eigenvalue weighted by atomic mass is 10.2. The summed E-state index contributed by atoms with van der Waals surface area (Å²) < 4.78 is 26.5. The number of hydrogen-bond donors (Lipinski definition) is 1. The first kappa shape index (κ1) is 13.6. The van der Waals surface area contributed by atoms with Gasteiger partial charge in [-0.2, -0.15) is 0 Å². The number of fused-ring (bicyclic) bond motifs is 1. The highest BCUT2D eigenvalue weighted by Crippen LogP contribution is 2.23. The fraction of sp³-hybridized carbons (Fsp3) is 0.500. The third kappa shape index (κ3) is 2.33. The van der Waals surface area contributed by atoms with Crippen molar-refractivity contribution >= 4 is 15.9 Å². The molecule has 2 heterocycles. The van der Waals surface area contributed by atoms with Gasteiger partial charge < -0.3 is 0 Å². The van der Waals surface area contributed by atoms with Crippen molar-refractivity contribution in [2.24, 2.45) is 4.99 Å². The van der Waals surface area contributed by atoms with Crippen molar-refractivity contribution in [1.29, 1.82) is 0 Å². The van der Waals surface area contributed by atoms with E-state index < -0.39 is 10.0 Å². The van der Waals surface area contributed by atoms with Crippen LogP contribution in [0, 0.1) is 0 Å². The summed E-state index contributed by atoms with van der Waals surface area (Å²) in [4.78, 5) is 7.26. The Hall–Kier alpha value is -1.40. The molecule has 1 saturated heterocycles. The van der Waals surface area contributed by atoms with Gasteiger partial charge >= 0.3 is 0 Å². The molecule has 1 atom stereocenters. The van der Waals surface area contributed by atoms with Crippen LogP contribution in [-0.4, -0.2) is 44.8 Å². The number of hydrogen-bond acceptors (Lipinski definition) is 4. The summed E-state index contributed by atoms with van der Waals surface area (Å²) in [5, 5.41) is 0. The van der Waals surface area contributed by atoms with Gasteiger partial charge in [-0.1, -0.05) is 19.1 Å². The highest BCUT2D eigenvalue weighted by Gasteiger charge is 2.30. The van der Waals surface area contributed by atoms with Gasteiger partial charge in [-0.3, -0.25) is 14.6 Å². The van der Waals surface area contributed by atoms with Crippen molar-refractivity contribution in [3.8, 4) is 0 Å². The van der Waals surface area contributed by atoms with Crippen LogP contribution in [0.3, 0.4) is 0 Å². The molecule has 0 bridgehead atoms. The van der Waals surface area contributed by atoms with Crippen molar-refractivity contribution in [1.82, 2.24) is 9.62 Å². The predicted octanol–water partition coefficient (Wildman–Crippen LogP) is 1.21. The molecule has 1 N–H and O–H groups in total. The number of aliphatic imine (C=N–C) groups is 1. The molecule has 108 valence electrons. The molecule has 5 nitrogen and oxygen atoms in total. The van der Waals surface area contributed by atoms with Crippen LogP contribution in [-0.2, 0) is 10.0 Å². The second kappa shape index (κ2) is 5.18. The van der Waals surface area contributed by atoms with Crippen molar-refractivity contribution in [3.63, 3.8) is 0 Å². The Morgan fingerprint density at radius 2 is 2.20 bits per heavy atom. The molecule has 20 heavy (non-hydrogen) atoms. The van der Waals surface area contributed by atoms with Crippen LogP contribution in [0.4, 0.5) is 0 Å². The Kier molecular flexibility index (Phi) is 3.52. The molecule has 1 aromatic carbocycles. The number of nitrogens with one attached hydrogen (secondary N) is 1. The average Bonchev–Trinajstić information content (AvgIpc) is 3.00. The molecule has 0 radical (unpaired) electrons. The summed E-state index contributed by atoms with van der Waals surface area (Å²) in [5.74, 6) is 0.489. The van der Waals surface area contributed by atoms with Gasteiger partial charge in [0.25, 0.3) is 10.0 Å². The van der Waals surface area contributed by atoms with Crippen molar-refractivity contribution in [2.75, 3.05) is 19.6 Å². The monoisotopic (exact) mass is 293 g/mol. The zero-order chi connectivity index (χ0) is 14.2. The third-order valence-electron chi connectivity index (χ3n) is 4.03. The Bertz CT molecular complexity index is 640. The minimum absolute atomic E-state index is 0.331. The summed E-state index contributed by atoms with van der Waals surface area (Å²) in [5.41, 5.74) is 0.688. The number of likely N-dealkylation sites (tertiary alicyclic amines) is 1. The first-order valence-electron chi connectivity index (χ1n) is 7.02. The highest BCUT2D eigenvalue weighted by molar-refractivity contribution is 7.90. The van der Waals surface area contributed by atoms with E-state index in [-0.39, 0.29) is 0 Å². The maximum atomic E-state index is 12.0. The molecule has 6 heteroatoms. The fourth-order valence-corrected chi connectivity index (χ4v) is 4.22. The van der Waals surface area contributed by atoms with Gasteiger partial charge in [-0.15, -0.1) is 0 Å². The summed E-state index contributed by atoms with van der Waals surface area (Å²) in [6.07, 6.45) is 2.34. The Balaban J connectivity index is 1.84. The van der Waals surface area contributed by atoms with Gasteiger partial charge in [0.2, 0.25) is 0 Å². The largest absolute Gasteiger partial charge is 0.299 e. The first-order valence-corrected chi connectivity index (χ1v) is 8.51. The normalized spacial score (nSPS) is 26.6. The van der Waals surface area contributed by atoms with Crippen molar-refractivity contribution < 1.29 is 8.42 Å². The van der Waals surface area contributed by atoms with E-state index >= 15 is 0 Å². The molecular weight excluding hydrogens is 274 g/mol. The topological polar surface area (TPSA) is 61.8 Å². The first-order chi connectivity index (χ1) is 9.62. The SMILES string of the molecule is CCN1CCCC1CN=C1NS(=O)(=O)c2ccccc21. The maximum Gasteiger partial charge on any atom is 0.263 e. The van der Waals surface area contributed by atoms with Gasteiger partial charge in [-0.05, 0) is 38.1 Å². The summed E-state index contributed by atoms with van der Waals surface area (Å²) in [7, 11) is -3.41. The number of nitrogens with zero attached hydrogens (tertiary/aromatic N) is 2. The van der Waals surface area contributed by atoms with Crippen LogP contribution in [0.2, 0.25) is 0 Å². The highest BCUT2D eigenvalue weighted by atomic mass is 32.2. The van der Waals surface area contributed by atoms with Gasteiger partial charge in [0.1, 0.15) is 5.84 Å². The van der Waals surface area contributed by atoms with Gasteiger partial charge in [0.05, 0.1) is 11.4 Å². The number of sulfonamides is 1. The van der Waals surface area contributed by atoms with Gasteiger partial charge in [0.15, 0.2) is 0 Å². The van der Waals surface area contributed by atoms with Crippen LogP contribution >= 0.6 is 0 Å². The Morgan fingerprint density at radius 3 is 3.00 bits per heavy atom. The average molecular weight is 293 g/mol. The van der Waals surface area contributed by atoms with Gasteiger partial charge in [0, 0.05) is 11.6 Å². The van der Waals surface area contributed by atoms with E-state index in [4.69, 9.17) is 0 Å². The second-order valence-electron chi connectivity index (χ2n) is 5.22. The van der Waals surface area contributed by atoms with Crippen LogP contribution in [0.5, 0.6) is 0 Å². The smallest absolute Gasteiger partial charge is 0.263 e. The maximum absolute atomic E-state index is 12.0. The van der Waals surface area contributed by atoms with Crippen LogP contribution in [0.1, 0.15) is 25.3 Å². The van der Waals surface area contributed by atoms with Crippen molar-refractivity contribution in [2.45, 2.75) is 30.7 Å². The number of rotatable bonds is 3. The zero-order valence-electron chi connectivity index (χ0n) is 11.5. The van der Waals surface area contributed by atoms with E-state index in [1.807, 2.05) is 6.07 Å². The molecule has 2 aliphatic heterocycles. The van der Waals surface area contributed by atoms with Crippen LogP contribution in [0.25, 0.3) is 0 Å². The molecule has 0 amide bonds. The molecule has 3 rings (SSSR count). The van der Waals surface area contributed by atoms with E-state index in [1.54, 1.807) is 18.2 Å². The predicted molar refractivity (Wildman–Crippen MR) is 78.4 cm³/mol. The van der Waals surface area contributed by atoms with E-state index in [0.717, 1.165) is 19.5 Å². The molecule has 1 unspecified atom stereocenters.